The Morgan fingerprint density at radius 3 is 2.68 bits per heavy atom. The van der Waals surface area contributed by atoms with Crippen LogP contribution in [0.5, 0.6) is 5.75 Å². The van der Waals surface area contributed by atoms with Crippen molar-refractivity contribution in [2.45, 2.75) is 26.7 Å². The van der Waals surface area contributed by atoms with Crippen LogP contribution in [-0.2, 0) is 0 Å². The third-order valence-electron chi connectivity index (χ3n) is 4.61. The normalized spacial score (nSPS) is 15.6. The molecule has 0 amide bonds. The zero-order valence-electron chi connectivity index (χ0n) is 14.5. The largest absolute Gasteiger partial charge is 0.495 e. The summed E-state index contributed by atoms with van der Waals surface area (Å²) in [6, 6.07) is 8.60. The van der Waals surface area contributed by atoms with Gasteiger partial charge in [-0.1, -0.05) is 24.6 Å². The van der Waals surface area contributed by atoms with Crippen LogP contribution in [0.4, 0.5) is 0 Å². The van der Waals surface area contributed by atoms with Gasteiger partial charge in [0.25, 0.3) is 5.56 Å². The van der Waals surface area contributed by atoms with Gasteiger partial charge in [0.15, 0.2) is 0 Å². The van der Waals surface area contributed by atoms with E-state index in [0.29, 0.717) is 27.5 Å². The first-order valence-electron chi connectivity index (χ1n) is 8.07. The van der Waals surface area contributed by atoms with Crippen molar-refractivity contribution in [3.63, 3.8) is 0 Å². The molecule has 1 aromatic carbocycles. The molecule has 3 rings (SSSR count). The highest BCUT2D eigenvalue weighted by Crippen LogP contribution is 2.47. The number of halogens is 1. The van der Waals surface area contributed by atoms with E-state index in [2.05, 4.69) is 19.1 Å². The molecule has 1 fully saturated rings. The van der Waals surface area contributed by atoms with Crippen LogP contribution in [0.25, 0.3) is 16.8 Å². The van der Waals surface area contributed by atoms with Gasteiger partial charge in [0.2, 0.25) is 0 Å². The topological polar surface area (TPSA) is 55.0 Å². The summed E-state index contributed by atoms with van der Waals surface area (Å²) in [5, 5.41) is 9.85. The van der Waals surface area contributed by atoms with Gasteiger partial charge >= 0.3 is 0 Å². The van der Waals surface area contributed by atoms with Crippen molar-refractivity contribution in [2.75, 3.05) is 7.11 Å². The number of allylic oxidation sites excluding steroid dienone is 2. The monoisotopic (exact) mass is 354 g/mol. The third kappa shape index (κ3) is 3.47. The van der Waals surface area contributed by atoms with Gasteiger partial charge < -0.3 is 4.74 Å². The summed E-state index contributed by atoms with van der Waals surface area (Å²) in [4.78, 5) is 12.7. The van der Waals surface area contributed by atoms with Crippen LogP contribution in [0.3, 0.4) is 0 Å². The summed E-state index contributed by atoms with van der Waals surface area (Å²) in [5.74, 6) is 0.520. The van der Waals surface area contributed by atoms with E-state index in [9.17, 15) is 10.1 Å². The lowest BCUT2D eigenvalue weighted by atomic mass is 10.0. The summed E-state index contributed by atoms with van der Waals surface area (Å²) in [6.45, 7) is 4.10. The number of ether oxygens (including phenoxy) is 1. The van der Waals surface area contributed by atoms with E-state index >= 15 is 0 Å². The maximum atomic E-state index is 12.7. The van der Waals surface area contributed by atoms with E-state index in [1.807, 2.05) is 6.92 Å². The highest BCUT2D eigenvalue weighted by Gasteiger charge is 2.35. The quantitative estimate of drug-likeness (QED) is 0.798. The lowest BCUT2D eigenvalue weighted by molar-refractivity contribution is 0.413. The van der Waals surface area contributed by atoms with Gasteiger partial charge in [-0.25, -0.2) is 0 Å². The van der Waals surface area contributed by atoms with Gasteiger partial charge in [-0.05, 0) is 43.4 Å². The Morgan fingerprint density at radius 2 is 2.08 bits per heavy atom. The molecule has 1 heterocycles. The Kier molecular flexibility index (Phi) is 4.45. The van der Waals surface area contributed by atoms with E-state index < -0.39 is 0 Å². The Labute approximate surface area is 151 Å². The number of hydrogen-bond donors (Lipinski definition) is 0. The lowest BCUT2D eigenvalue weighted by Gasteiger charge is -2.15. The van der Waals surface area contributed by atoms with Crippen molar-refractivity contribution < 1.29 is 4.74 Å². The Morgan fingerprint density at radius 1 is 1.36 bits per heavy atom. The highest BCUT2D eigenvalue weighted by molar-refractivity contribution is 6.31. The second-order valence-electron chi connectivity index (χ2n) is 6.71. The first-order valence-corrected chi connectivity index (χ1v) is 8.45. The minimum atomic E-state index is -0.169. The Hall–Kier alpha value is -2.51. The van der Waals surface area contributed by atoms with Crippen molar-refractivity contribution in [2.24, 2.45) is 5.41 Å². The van der Waals surface area contributed by atoms with Gasteiger partial charge in [0.05, 0.1) is 24.9 Å². The molecule has 128 valence electrons. The molecule has 0 atom stereocenters. The molecule has 4 nitrogen and oxygen atoms in total. The number of pyridine rings is 1. The molecular formula is C20H19ClN2O2. The van der Waals surface area contributed by atoms with Gasteiger partial charge in [-0.2, -0.15) is 5.26 Å². The minimum absolute atomic E-state index is 0.169. The van der Waals surface area contributed by atoms with Crippen LogP contribution in [-0.4, -0.2) is 11.7 Å². The molecule has 0 saturated heterocycles. The molecule has 0 N–H and O–H groups in total. The smallest absolute Gasteiger partial charge is 0.255 e. The number of nitrogens with zero attached hydrogens (tertiary/aromatic N) is 2. The summed E-state index contributed by atoms with van der Waals surface area (Å²) in [7, 11) is 1.55. The molecular weight excluding hydrogens is 336 g/mol. The predicted molar refractivity (Wildman–Crippen MR) is 99.7 cm³/mol. The molecule has 1 saturated carbocycles. The van der Waals surface area contributed by atoms with Crippen molar-refractivity contribution in [1.29, 1.82) is 5.26 Å². The van der Waals surface area contributed by atoms with Crippen molar-refractivity contribution >= 4 is 17.3 Å². The minimum Gasteiger partial charge on any atom is -0.495 e. The predicted octanol–water partition coefficient (Wildman–Crippen LogP) is 4.71. The maximum absolute atomic E-state index is 12.7. The second-order valence-corrected chi connectivity index (χ2v) is 7.14. The van der Waals surface area contributed by atoms with E-state index in [0.717, 1.165) is 18.5 Å². The first kappa shape index (κ1) is 17.3. The molecule has 0 unspecified atom stereocenters. The zero-order chi connectivity index (χ0) is 18.2. The molecule has 0 bridgehead atoms. The molecule has 25 heavy (non-hydrogen) atoms. The summed E-state index contributed by atoms with van der Waals surface area (Å²) >= 11 is 6.08. The summed E-state index contributed by atoms with van der Waals surface area (Å²) in [5.41, 5.74) is 2.49. The first-order chi connectivity index (χ1) is 11.9. The van der Waals surface area contributed by atoms with Gasteiger partial charge in [0.1, 0.15) is 5.75 Å². The fraction of sp³-hybridized carbons (Fsp3) is 0.300. The standard InChI is InChI=1S/C20H19ClN2O2/c1-13(10-20(2)6-7-20)23-12-18(25-3)17(9-19(23)24)16-8-15(21)5-4-14(16)11-22/h4-5,8-10,12H,6-7H2,1-3H3. The van der Waals surface area contributed by atoms with E-state index in [1.54, 1.807) is 36.1 Å². The molecule has 0 aliphatic heterocycles. The summed E-state index contributed by atoms with van der Waals surface area (Å²) in [6.07, 6.45) is 6.09. The Bertz CT molecular complexity index is 963. The van der Waals surface area contributed by atoms with Crippen LogP contribution in [0, 0.1) is 16.7 Å². The third-order valence-corrected chi connectivity index (χ3v) is 4.84. The molecule has 0 radical (unpaired) electrons. The highest BCUT2D eigenvalue weighted by atomic mass is 35.5. The molecule has 2 aromatic rings. The SMILES string of the molecule is COc1cn(C(C)=CC2(C)CC2)c(=O)cc1-c1cc(Cl)ccc1C#N. The van der Waals surface area contributed by atoms with Gasteiger partial charge in [-0.15, -0.1) is 0 Å². The maximum Gasteiger partial charge on any atom is 0.255 e. The van der Waals surface area contributed by atoms with E-state index in [4.69, 9.17) is 16.3 Å². The van der Waals surface area contributed by atoms with Crippen LogP contribution in [0.2, 0.25) is 5.02 Å². The molecule has 0 spiro atoms. The molecule has 1 aliphatic carbocycles. The summed E-state index contributed by atoms with van der Waals surface area (Å²) < 4.78 is 7.08. The fourth-order valence-electron chi connectivity index (χ4n) is 2.92. The molecule has 1 aliphatic rings. The van der Waals surface area contributed by atoms with Crippen LogP contribution in [0.1, 0.15) is 32.3 Å². The number of hydrogen-bond acceptors (Lipinski definition) is 3. The van der Waals surface area contributed by atoms with E-state index in [1.165, 1.54) is 6.07 Å². The van der Waals surface area contributed by atoms with Gasteiger partial charge in [-0.3, -0.25) is 9.36 Å². The fourth-order valence-corrected chi connectivity index (χ4v) is 3.09. The number of rotatable bonds is 4. The van der Waals surface area contributed by atoms with E-state index in [-0.39, 0.29) is 11.0 Å². The van der Waals surface area contributed by atoms with Crippen LogP contribution < -0.4 is 10.3 Å². The molecule has 5 heteroatoms. The average Bonchev–Trinajstić information content (AvgIpc) is 3.31. The second kappa shape index (κ2) is 6.42. The van der Waals surface area contributed by atoms with Crippen molar-refractivity contribution in [1.82, 2.24) is 4.57 Å². The average molecular weight is 355 g/mol. The zero-order valence-corrected chi connectivity index (χ0v) is 15.2. The molecule has 1 aromatic heterocycles. The number of methoxy groups -OCH3 is 1. The van der Waals surface area contributed by atoms with Gasteiger partial charge in [0, 0.05) is 27.9 Å². The van der Waals surface area contributed by atoms with Crippen LogP contribution >= 0.6 is 11.6 Å². The lowest BCUT2D eigenvalue weighted by Crippen LogP contribution is -2.18. The number of aromatic nitrogens is 1. The number of benzene rings is 1. The van der Waals surface area contributed by atoms with Crippen LogP contribution in [0.15, 0.2) is 41.3 Å². The number of nitriles is 1. The van der Waals surface area contributed by atoms with Crippen molar-refractivity contribution in [3.8, 4) is 22.9 Å². The Balaban J connectivity index is 2.17. The van der Waals surface area contributed by atoms with Crippen molar-refractivity contribution in [3.05, 3.63) is 57.5 Å².